The lowest BCUT2D eigenvalue weighted by Crippen LogP contribution is -2.04. The van der Waals surface area contributed by atoms with Crippen LogP contribution in [0, 0.1) is 6.92 Å². The number of aryl methyl sites for hydroxylation is 1. The van der Waals surface area contributed by atoms with E-state index in [1.165, 1.54) is 4.90 Å². The summed E-state index contributed by atoms with van der Waals surface area (Å²) in [6, 6.07) is 4.11. The summed E-state index contributed by atoms with van der Waals surface area (Å²) < 4.78 is 4.71. The van der Waals surface area contributed by atoms with Crippen molar-refractivity contribution in [3.05, 3.63) is 29.1 Å². The Labute approximate surface area is 136 Å². The Morgan fingerprint density at radius 3 is 2.68 bits per heavy atom. The highest BCUT2D eigenvalue weighted by atomic mass is 32.2. The van der Waals surface area contributed by atoms with Crippen molar-refractivity contribution in [2.45, 2.75) is 23.3 Å². The molecule has 0 fully saturated rings. The van der Waals surface area contributed by atoms with Crippen molar-refractivity contribution in [3.63, 3.8) is 0 Å². The number of nitrogens with zero attached hydrogens (tertiary/aromatic N) is 4. The summed E-state index contributed by atoms with van der Waals surface area (Å²) in [5.41, 5.74) is 10.4. The minimum Gasteiger partial charge on any atom is -0.396 e. The van der Waals surface area contributed by atoms with Gasteiger partial charge in [0, 0.05) is 28.3 Å². The molecule has 3 aromatic rings. The SMILES string of the molecule is CSc1ccc(Cc2c(C)nc3nonc3c2N)nc1SC. The molecule has 22 heavy (non-hydrogen) atoms. The van der Waals surface area contributed by atoms with E-state index in [-0.39, 0.29) is 0 Å². The van der Waals surface area contributed by atoms with Crippen molar-refractivity contribution in [2.24, 2.45) is 0 Å². The van der Waals surface area contributed by atoms with Crippen LogP contribution in [0.5, 0.6) is 0 Å². The Morgan fingerprint density at radius 2 is 1.95 bits per heavy atom. The van der Waals surface area contributed by atoms with Gasteiger partial charge in [-0.1, -0.05) is 0 Å². The highest BCUT2D eigenvalue weighted by Crippen LogP contribution is 2.29. The Bertz CT molecular complexity index is 833. The molecule has 0 aliphatic heterocycles. The third-order valence-corrected chi connectivity index (χ3v) is 5.01. The molecular weight excluding hydrogens is 318 g/mol. The zero-order chi connectivity index (χ0) is 15.7. The highest BCUT2D eigenvalue weighted by Gasteiger charge is 2.15. The van der Waals surface area contributed by atoms with Crippen molar-refractivity contribution in [1.29, 1.82) is 0 Å². The maximum absolute atomic E-state index is 6.20. The number of pyridine rings is 2. The van der Waals surface area contributed by atoms with Gasteiger partial charge in [0.15, 0.2) is 5.52 Å². The summed E-state index contributed by atoms with van der Waals surface area (Å²) >= 11 is 3.33. The lowest BCUT2D eigenvalue weighted by atomic mass is 10.1. The van der Waals surface area contributed by atoms with Crippen molar-refractivity contribution >= 4 is 40.4 Å². The van der Waals surface area contributed by atoms with Crippen LogP contribution in [-0.4, -0.2) is 32.8 Å². The summed E-state index contributed by atoms with van der Waals surface area (Å²) in [4.78, 5) is 10.3. The van der Waals surface area contributed by atoms with Gasteiger partial charge in [-0.25, -0.2) is 14.6 Å². The molecule has 0 unspecified atom stereocenters. The number of anilines is 1. The fraction of sp³-hybridized carbons (Fsp3) is 0.286. The van der Waals surface area contributed by atoms with Crippen LogP contribution in [0.3, 0.4) is 0 Å². The number of hydrogen-bond acceptors (Lipinski definition) is 8. The zero-order valence-corrected chi connectivity index (χ0v) is 14.1. The van der Waals surface area contributed by atoms with E-state index in [9.17, 15) is 0 Å². The quantitative estimate of drug-likeness (QED) is 0.729. The van der Waals surface area contributed by atoms with Gasteiger partial charge in [-0.15, -0.1) is 23.5 Å². The molecule has 3 rings (SSSR count). The molecule has 0 amide bonds. The minimum absolute atomic E-state index is 0.439. The molecule has 0 saturated carbocycles. The van der Waals surface area contributed by atoms with Crippen LogP contribution >= 0.6 is 23.5 Å². The highest BCUT2D eigenvalue weighted by molar-refractivity contribution is 8.01. The Hall–Kier alpha value is -1.80. The van der Waals surface area contributed by atoms with Crippen LogP contribution in [0.1, 0.15) is 17.0 Å². The topological polar surface area (TPSA) is 90.7 Å². The molecule has 0 spiro atoms. The molecule has 0 radical (unpaired) electrons. The predicted molar refractivity (Wildman–Crippen MR) is 89.4 cm³/mol. The predicted octanol–water partition coefficient (Wildman–Crippen LogP) is 2.94. The average molecular weight is 333 g/mol. The molecule has 0 aliphatic rings. The van der Waals surface area contributed by atoms with Gasteiger partial charge in [-0.2, -0.15) is 0 Å². The number of thioether (sulfide) groups is 2. The molecule has 8 heteroatoms. The van der Waals surface area contributed by atoms with Gasteiger partial charge >= 0.3 is 0 Å². The third-order valence-electron chi connectivity index (χ3n) is 3.42. The number of rotatable bonds is 4. The molecule has 0 aliphatic carbocycles. The normalized spacial score (nSPS) is 11.2. The fourth-order valence-corrected chi connectivity index (χ4v) is 3.66. The summed E-state index contributed by atoms with van der Waals surface area (Å²) in [5.74, 6) is 0. The molecule has 0 bridgehead atoms. The first-order valence-electron chi connectivity index (χ1n) is 6.59. The fourth-order valence-electron chi connectivity index (χ4n) is 2.26. The average Bonchev–Trinajstić information content (AvgIpc) is 2.99. The Balaban J connectivity index is 2.03. The van der Waals surface area contributed by atoms with Crippen LogP contribution in [0.4, 0.5) is 5.69 Å². The number of fused-ring (bicyclic) bond motifs is 1. The van der Waals surface area contributed by atoms with Crippen LogP contribution in [0.25, 0.3) is 11.2 Å². The Morgan fingerprint density at radius 1 is 1.14 bits per heavy atom. The van der Waals surface area contributed by atoms with Gasteiger partial charge in [0.25, 0.3) is 0 Å². The van der Waals surface area contributed by atoms with E-state index >= 15 is 0 Å². The molecular formula is C14H15N5OS2. The second-order valence-electron chi connectivity index (χ2n) is 4.72. The van der Waals surface area contributed by atoms with Crippen molar-refractivity contribution in [1.82, 2.24) is 20.3 Å². The number of nitrogen functional groups attached to an aromatic ring is 1. The standard InChI is InChI=1S/C14H15N5OS2/c1-7-9(11(15)12-13(16-7)19-20-18-12)6-8-4-5-10(21-2)14(17-8)22-3/h4-5H,6,15H2,1-3H3. The summed E-state index contributed by atoms with van der Waals surface area (Å²) in [5, 5.41) is 8.59. The molecule has 0 saturated heterocycles. The second-order valence-corrected chi connectivity index (χ2v) is 6.36. The van der Waals surface area contributed by atoms with E-state index in [0.717, 1.165) is 22.0 Å². The first-order valence-corrected chi connectivity index (χ1v) is 9.04. The van der Waals surface area contributed by atoms with E-state index in [2.05, 4.69) is 21.4 Å². The lowest BCUT2D eigenvalue weighted by Gasteiger charge is -2.10. The maximum atomic E-state index is 6.20. The van der Waals surface area contributed by atoms with Crippen molar-refractivity contribution in [2.75, 3.05) is 18.2 Å². The van der Waals surface area contributed by atoms with E-state index in [1.54, 1.807) is 23.5 Å². The first kappa shape index (κ1) is 15.1. The van der Waals surface area contributed by atoms with Crippen LogP contribution in [-0.2, 0) is 6.42 Å². The lowest BCUT2D eigenvalue weighted by molar-refractivity contribution is 0.315. The van der Waals surface area contributed by atoms with Gasteiger partial charge < -0.3 is 5.73 Å². The van der Waals surface area contributed by atoms with E-state index in [1.807, 2.05) is 25.5 Å². The largest absolute Gasteiger partial charge is 0.396 e. The summed E-state index contributed by atoms with van der Waals surface area (Å²) in [7, 11) is 0. The number of aromatic nitrogens is 4. The molecule has 2 N–H and O–H groups in total. The van der Waals surface area contributed by atoms with E-state index < -0.39 is 0 Å². The van der Waals surface area contributed by atoms with Gasteiger partial charge in [0.1, 0.15) is 5.03 Å². The summed E-state index contributed by atoms with van der Waals surface area (Å²) in [6.07, 6.45) is 4.68. The second kappa shape index (κ2) is 6.13. The zero-order valence-electron chi connectivity index (χ0n) is 12.5. The molecule has 6 nitrogen and oxygen atoms in total. The van der Waals surface area contributed by atoms with Crippen molar-refractivity contribution in [3.8, 4) is 0 Å². The van der Waals surface area contributed by atoms with Crippen LogP contribution in [0.2, 0.25) is 0 Å². The van der Waals surface area contributed by atoms with Crippen LogP contribution < -0.4 is 5.73 Å². The van der Waals surface area contributed by atoms with Gasteiger partial charge in [-0.3, -0.25) is 0 Å². The molecule has 114 valence electrons. The minimum atomic E-state index is 0.439. The van der Waals surface area contributed by atoms with Crippen LogP contribution in [0.15, 0.2) is 26.7 Å². The maximum Gasteiger partial charge on any atom is 0.226 e. The number of nitrogens with two attached hydrogens (primary N) is 1. The Kier molecular flexibility index (Phi) is 4.21. The van der Waals surface area contributed by atoms with Gasteiger partial charge in [-0.05, 0) is 41.9 Å². The van der Waals surface area contributed by atoms with E-state index in [4.69, 9.17) is 15.3 Å². The molecule has 0 aromatic carbocycles. The van der Waals surface area contributed by atoms with Crippen molar-refractivity contribution < 1.29 is 4.63 Å². The van der Waals surface area contributed by atoms with Gasteiger partial charge in [0.05, 0.1) is 5.69 Å². The molecule has 3 heterocycles. The van der Waals surface area contributed by atoms with E-state index in [0.29, 0.717) is 23.3 Å². The first-order chi connectivity index (χ1) is 10.6. The monoisotopic (exact) mass is 333 g/mol. The molecule has 3 aromatic heterocycles. The smallest absolute Gasteiger partial charge is 0.226 e. The molecule has 0 atom stereocenters. The third kappa shape index (κ3) is 2.64. The van der Waals surface area contributed by atoms with Gasteiger partial charge in [0.2, 0.25) is 5.65 Å². The summed E-state index contributed by atoms with van der Waals surface area (Å²) in [6.45, 7) is 1.91. The number of hydrogen-bond donors (Lipinski definition) is 1.